The molecule has 0 amide bonds. The number of ketones is 1. The van der Waals surface area contributed by atoms with Gasteiger partial charge in [0.2, 0.25) is 0 Å². The van der Waals surface area contributed by atoms with Gasteiger partial charge in [0.05, 0.1) is 34.7 Å². The number of hydrogen-bond acceptors (Lipinski definition) is 4. The number of carbonyl (C=O) groups excluding carboxylic acids is 2. The van der Waals surface area contributed by atoms with Gasteiger partial charge in [0, 0.05) is 16.8 Å². The second-order valence-corrected chi connectivity index (χ2v) is 8.14. The fourth-order valence-electron chi connectivity index (χ4n) is 4.13. The van der Waals surface area contributed by atoms with E-state index < -0.39 is 57.9 Å². The summed E-state index contributed by atoms with van der Waals surface area (Å²) in [6.07, 6.45) is -5.38. The molecule has 0 spiro atoms. The van der Waals surface area contributed by atoms with Gasteiger partial charge in [0.25, 0.3) is 5.92 Å². The zero-order valence-corrected chi connectivity index (χ0v) is 18.2. The number of hydrogen-bond donors (Lipinski definition) is 1. The number of alkyl halides is 5. The summed E-state index contributed by atoms with van der Waals surface area (Å²) in [5.74, 6) is -7.92. The summed E-state index contributed by atoms with van der Waals surface area (Å²) in [6.45, 7) is 0. The second-order valence-electron chi connectivity index (χ2n) is 7.73. The number of ether oxygens (including phenoxy) is 1. The van der Waals surface area contributed by atoms with Crippen LogP contribution in [-0.4, -0.2) is 29.1 Å². The lowest BCUT2D eigenvalue weighted by Crippen LogP contribution is -2.38. The van der Waals surface area contributed by atoms with Crippen molar-refractivity contribution in [3.05, 3.63) is 75.4 Å². The fourth-order valence-corrected chi connectivity index (χ4v) is 4.40. The lowest BCUT2D eigenvalue weighted by Gasteiger charge is -2.31. The minimum atomic E-state index is -4.95. The fraction of sp³-hybridized carbons (Fsp3) is 0.261. The molecule has 2 aromatic carbocycles. The molecule has 1 atom stereocenters. The van der Waals surface area contributed by atoms with E-state index in [0.29, 0.717) is 6.07 Å². The Morgan fingerprint density at radius 2 is 1.82 bits per heavy atom. The Morgan fingerprint density at radius 3 is 2.44 bits per heavy atom. The van der Waals surface area contributed by atoms with Gasteiger partial charge in [-0.1, -0.05) is 29.8 Å². The van der Waals surface area contributed by atoms with Gasteiger partial charge in [0.15, 0.2) is 5.78 Å². The molecule has 0 fully saturated rings. The van der Waals surface area contributed by atoms with Crippen LogP contribution in [0.15, 0.2) is 42.5 Å². The van der Waals surface area contributed by atoms with Gasteiger partial charge >= 0.3 is 12.1 Å². The van der Waals surface area contributed by atoms with E-state index in [1.807, 2.05) is 0 Å². The molecule has 1 aromatic heterocycles. The first-order valence-corrected chi connectivity index (χ1v) is 10.4. The van der Waals surface area contributed by atoms with Crippen LogP contribution in [0.3, 0.4) is 0 Å². The summed E-state index contributed by atoms with van der Waals surface area (Å²) in [5.41, 5.74) is -2.57. The zero-order valence-electron chi connectivity index (χ0n) is 17.5. The minimum absolute atomic E-state index is 0.0274. The summed E-state index contributed by atoms with van der Waals surface area (Å²) in [5, 5.41) is 5.95. The summed E-state index contributed by atoms with van der Waals surface area (Å²) >= 11 is 5.88. The Bertz CT molecular complexity index is 1270. The number of fused-ring (bicyclic) bond motifs is 1. The van der Waals surface area contributed by atoms with E-state index in [-0.39, 0.29) is 28.9 Å². The van der Waals surface area contributed by atoms with Gasteiger partial charge in [0.1, 0.15) is 5.69 Å². The minimum Gasteiger partial charge on any atom is -0.465 e. The summed E-state index contributed by atoms with van der Waals surface area (Å²) in [6, 6.07) is 8.21. The molecule has 5 nitrogen and oxygen atoms in total. The third-order valence-corrected chi connectivity index (χ3v) is 6.07. The van der Waals surface area contributed by atoms with Crippen molar-refractivity contribution in [1.29, 1.82) is 0 Å². The highest BCUT2D eigenvalue weighted by Gasteiger charge is 2.53. The molecule has 1 heterocycles. The van der Waals surface area contributed by atoms with Crippen molar-refractivity contribution in [3.8, 4) is 11.3 Å². The second kappa shape index (κ2) is 8.50. The molecule has 1 N–H and O–H groups in total. The van der Waals surface area contributed by atoms with Crippen LogP contribution in [0.5, 0.6) is 0 Å². The molecule has 0 aliphatic heterocycles. The smallest absolute Gasteiger partial charge is 0.417 e. The van der Waals surface area contributed by atoms with E-state index in [1.165, 1.54) is 31.4 Å². The number of Topliss-reactive ketones (excluding diaryl/α,β-unsaturated/α-hetero) is 1. The highest BCUT2D eigenvalue weighted by atomic mass is 35.5. The van der Waals surface area contributed by atoms with E-state index in [9.17, 15) is 22.8 Å². The lowest BCUT2D eigenvalue weighted by molar-refractivity contribution is -0.138. The molecule has 1 unspecified atom stereocenters. The van der Waals surface area contributed by atoms with Gasteiger partial charge in [-0.05, 0) is 37.1 Å². The van der Waals surface area contributed by atoms with Gasteiger partial charge in [-0.25, -0.2) is 13.6 Å². The molecular formula is C23H16ClF5N2O3. The molecule has 4 rings (SSSR count). The van der Waals surface area contributed by atoms with Gasteiger partial charge in [-0.15, -0.1) is 0 Å². The molecule has 0 radical (unpaired) electrons. The van der Waals surface area contributed by atoms with Crippen LogP contribution in [-0.2, 0) is 23.3 Å². The molecule has 0 bridgehead atoms. The number of carbonyl (C=O) groups is 2. The topological polar surface area (TPSA) is 72.0 Å². The quantitative estimate of drug-likeness (QED) is 0.269. The average Bonchev–Trinajstić information content (AvgIpc) is 3.23. The highest BCUT2D eigenvalue weighted by Crippen LogP contribution is 2.50. The van der Waals surface area contributed by atoms with Crippen LogP contribution >= 0.6 is 11.6 Å². The van der Waals surface area contributed by atoms with Gasteiger partial charge in [-0.3, -0.25) is 9.89 Å². The maximum atomic E-state index is 15.7. The molecule has 1 aliphatic carbocycles. The van der Waals surface area contributed by atoms with Crippen molar-refractivity contribution in [1.82, 2.24) is 10.2 Å². The third kappa shape index (κ3) is 3.96. The van der Waals surface area contributed by atoms with Crippen LogP contribution in [0.25, 0.3) is 11.3 Å². The molecule has 178 valence electrons. The summed E-state index contributed by atoms with van der Waals surface area (Å²) in [7, 11) is 1.20. The molecule has 0 saturated heterocycles. The normalized spacial score (nSPS) is 17.2. The Hall–Kier alpha value is -3.27. The molecule has 3 aromatic rings. The number of H-pyrrole nitrogens is 1. The van der Waals surface area contributed by atoms with E-state index in [4.69, 9.17) is 11.6 Å². The molecular weight excluding hydrogens is 483 g/mol. The first-order valence-electron chi connectivity index (χ1n) is 10.0. The zero-order chi connectivity index (χ0) is 24.8. The maximum Gasteiger partial charge on any atom is 0.417 e. The first-order chi connectivity index (χ1) is 16.0. The molecule has 0 saturated carbocycles. The Labute approximate surface area is 194 Å². The van der Waals surface area contributed by atoms with Crippen molar-refractivity contribution < 1.29 is 36.3 Å². The standard InChI is InChI=1S/C23H16ClF5N2O3/c1-34-21(33)12-7-5-11(6-8-12)19-18-16(30-31-19)10-9-14(22(18,25)26)20(32)17-13(23(27,28)29)3-2-4-15(17)24/h2-8,14H,9-10H2,1H3,(H,30,31). The largest absolute Gasteiger partial charge is 0.465 e. The highest BCUT2D eigenvalue weighted by molar-refractivity contribution is 6.34. The van der Waals surface area contributed by atoms with Crippen molar-refractivity contribution in [2.24, 2.45) is 5.92 Å². The predicted octanol–water partition coefficient (Wildman–Crippen LogP) is 6.07. The number of rotatable bonds is 4. The van der Waals surface area contributed by atoms with Gasteiger partial charge < -0.3 is 4.74 Å². The number of esters is 1. The number of nitrogens with zero attached hydrogens (tertiary/aromatic N) is 1. The first kappa shape index (κ1) is 23.9. The van der Waals surface area contributed by atoms with E-state index in [0.717, 1.165) is 12.1 Å². The Morgan fingerprint density at radius 1 is 1.15 bits per heavy atom. The van der Waals surface area contributed by atoms with E-state index in [1.54, 1.807) is 0 Å². The van der Waals surface area contributed by atoms with Crippen molar-refractivity contribution in [2.75, 3.05) is 7.11 Å². The molecule has 11 heteroatoms. The van der Waals surface area contributed by atoms with E-state index >= 15 is 8.78 Å². The molecule has 34 heavy (non-hydrogen) atoms. The van der Waals surface area contributed by atoms with Crippen molar-refractivity contribution in [2.45, 2.75) is 24.9 Å². The Kier molecular flexibility index (Phi) is 5.97. The van der Waals surface area contributed by atoms with Crippen LogP contribution < -0.4 is 0 Å². The number of aromatic amines is 1. The lowest BCUT2D eigenvalue weighted by atomic mass is 9.77. The van der Waals surface area contributed by atoms with Crippen LogP contribution in [0.2, 0.25) is 5.02 Å². The summed E-state index contributed by atoms with van der Waals surface area (Å²) in [4.78, 5) is 24.7. The van der Waals surface area contributed by atoms with Crippen molar-refractivity contribution in [3.63, 3.8) is 0 Å². The Balaban J connectivity index is 1.77. The predicted molar refractivity (Wildman–Crippen MR) is 112 cm³/mol. The average molecular weight is 499 g/mol. The molecule has 1 aliphatic rings. The van der Waals surface area contributed by atoms with Gasteiger partial charge in [-0.2, -0.15) is 18.3 Å². The SMILES string of the molecule is COC(=O)c1ccc(-c2n[nH]c3c2C(F)(F)C(C(=O)c2c(Cl)cccc2C(F)(F)F)CC3)cc1. The van der Waals surface area contributed by atoms with E-state index in [2.05, 4.69) is 14.9 Å². The van der Waals surface area contributed by atoms with Crippen LogP contribution in [0, 0.1) is 5.92 Å². The number of methoxy groups -OCH3 is 1. The number of benzene rings is 2. The number of halogens is 6. The number of aryl methyl sites for hydroxylation is 1. The van der Waals surface area contributed by atoms with Crippen LogP contribution in [0.4, 0.5) is 22.0 Å². The number of aromatic nitrogens is 2. The summed E-state index contributed by atoms with van der Waals surface area (Å²) < 4.78 is 76.5. The maximum absolute atomic E-state index is 15.7. The monoisotopic (exact) mass is 498 g/mol. The van der Waals surface area contributed by atoms with Crippen molar-refractivity contribution >= 4 is 23.4 Å². The van der Waals surface area contributed by atoms with Crippen LogP contribution in [0.1, 0.15) is 44.0 Å². The number of nitrogens with one attached hydrogen (secondary N) is 1. The third-order valence-electron chi connectivity index (χ3n) is 5.76.